The van der Waals surface area contributed by atoms with Crippen LogP contribution in [0.4, 0.5) is 5.69 Å². The summed E-state index contributed by atoms with van der Waals surface area (Å²) in [6.45, 7) is 9.73. The zero-order valence-corrected chi connectivity index (χ0v) is 28.2. The van der Waals surface area contributed by atoms with Gasteiger partial charge in [-0.2, -0.15) is 0 Å². The van der Waals surface area contributed by atoms with Gasteiger partial charge in [0.1, 0.15) is 0 Å². The Morgan fingerprint density at radius 1 is 0.923 bits per heavy atom. The van der Waals surface area contributed by atoms with Crippen LogP contribution < -0.4 is 4.40 Å². The molecule has 0 amide bonds. The second-order valence-corrected chi connectivity index (χ2v) is 20.3. The van der Waals surface area contributed by atoms with Crippen molar-refractivity contribution >= 4 is 44.4 Å². The van der Waals surface area contributed by atoms with E-state index in [4.69, 9.17) is 10.1 Å². The molecule has 0 aromatic heterocycles. The maximum Gasteiger partial charge on any atom is 0 e. The number of rotatable bonds is 3. The Kier molecular flexibility index (Phi) is 9.59. The molecule has 0 bridgehead atoms. The van der Waals surface area contributed by atoms with E-state index in [2.05, 4.69) is 117 Å². The summed E-state index contributed by atoms with van der Waals surface area (Å²) in [6.07, 6.45) is 1.17. The maximum atomic E-state index is 10.0. The van der Waals surface area contributed by atoms with Crippen LogP contribution in [0, 0.1) is 6.07 Å². The van der Waals surface area contributed by atoms with Crippen LogP contribution in [0.25, 0.3) is 21.9 Å². The number of carbonyl (C=O) groups excluding carboxylic acids is 1. The number of hydrogen-bond donors (Lipinski definition) is 1. The monoisotopic (exact) mass is 757 g/mol. The van der Waals surface area contributed by atoms with Crippen molar-refractivity contribution in [1.82, 2.24) is 0 Å². The van der Waals surface area contributed by atoms with Crippen LogP contribution in [0.2, 0.25) is 11.5 Å². The molecular weight excluding hydrogens is 719 g/mol. The first-order valence-electron chi connectivity index (χ1n) is 13.0. The predicted octanol–water partition coefficient (Wildman–Crippen LogP) is 8.23. The number of hydrogen-bond acceptors (Lipinski definition) is 3. The van der Waals surface area contributed by atoms with Crippen LogP contribution in [0.3, 0.4) is 0 Å². The van der Waals surface area contributed by atoms with Gasteiger partial charge in [-0.15, -0.1) is 0 Å². The van der Waals surface area contributed by atoms with Crippen molar-refractivity contribution in [3.8, 4) is 11.1 Å². The molecule has 203 valence electrons. The number of benzene rings is 4. The van der Waals surface area contributed by atoms with Gasteiger partial charge in [0.2, 0.25) is 0 Å². The fraction of sp³-hybridized carbons (Fsp3) is 0.235. The minimum atomic E-state index is -2.64. The van der Waals surface area contributed by atoms with E-state index in [1.165, 1.54) is 61.9 Å². The first-order valence-corrected chi connectivity index (χ1v) is 19.3. The maximum absolute atomic E-state index is 10.0. The van der Waals surface area contributed by atoms with Crippen molar-refractivity contribution < 1.29 is 30.0 Å². The average Bonchev–Trinajstić information content (AvgIpc) is 3.13. The first kappa shape index (κ1) is 30.7. The average molecular weight is 755 g/mol. The molecular formula is C34H36GeIrNO2-. The third-order valence-corrected chi connectivity index (χ3v) is 13.8. The van der Waals surface area contributed by atoms with Crippen molar-refractivity contribution in [2.45, 2.75) is 51.5 Å². The molecule has 1 aliphatic rings. The standard InChI is InChI=1S/C29H28GeN.C5H8O2.Ir/c1-29(2,3)25-19-22(18-21-14-9-10-15-23(21)25)28-30(4,5)27-24(16-11-17-26(27)31-28)20-12-7-6-8-13-20;1-4(6)3-5(2)7;/h6-17,19H,1-5H3;3,6H,1-2H3;/q-1;;/b;4-3-;. The number of aliphatic imine (C=N–C) groups is 1. The SMILES string of the molecule is CC(=O)/C=C(/C)O.CC(C)(C)c1cc([C]2=Nc3cccc(-c4ccccc4)[c]3[Ge]2([CH3])[CH3])[c-]c2ccccc12.[Ir]. The summed E-state index contributed by atoms with van der Waals surface area (Å²) < 4.78 is 2.78. The van der Waals surface area contributed by atoms with Crippen molar-refractivity contribution in [1.29, 1.82) is 0 Å². The molecule has 0 atom stereocenters. The molecule has 4 aromatic carbocycles. The van der Waals surface area contributed by atoms with E-state index < -0.39 is 13.3 Å². The molecule has 0 aliphatic carbocycles. The predicted molar refractivity (Wildman–Crippen MR) is 164 cm³/mol. The molecule has 1 radical (unpaired) electrons. The van der Waals surface area contributed by atoms with Gasteiger partial charge in [0, 0.05) is 26.2 Å². The second-order valence-electron chi connectivity index (χ2n) is 11.4. The third kappa shape index (κ3) is 6.69. The van der Waals surface area contributed by atoms with Gasteiger partial charge in [0.05, 0.1) is 5.76 Å². The van der Waals surface area contributed by atoms with Crippen molar-refractivity contribution in [3.63, 3.8) is 0 Å². The zero-order valence-electron chi connectivity index (χ0n) is 23.7. The number of ketones is 1. The smallest absolute Gasteiger partial charge is 0 e. The molecule has 1 aliphatic heterocycles. The molecule has 0 spiro atoms. The van der Waals surface area contributed by atoms with Crippen molar-refractivity contribution in [3.05, 3.63) is 108 Å². The molecule has 1 heterocycles. The largest absolute Gasteiger partial charge is 0 e. The zero-order chi connectivity index (χ0) is 27.7. The van der Waals surface area contributed by atoms with Crippen molar-refractivity contribution in [2.24, 2.45) is 4.99 Å². The number of aliphatic hydroxyl groups is 1. The van der Waals surface area contributed by atoms with Crippen LogP contribution in [0.5, 0.6) is 0 Å². The number of fused-ring (bicyclic) bond motifs is 2. The van der Waals surface area contributed by atoms with E-state index >= 15 is 0 Å². The summed E-state index contributed by atoms with van der Waals surface area (Å²) in [4.78, 5) is 15.3. The Morgan fingerprint density at radius 2 is 1.56 bits per heavy atom. The minimum absolute atomic E-state index is 0. The molecule has 5 rings (SSSR count). The van der Waals surface area contributed by atoms with Crippen LogP contribution >= 0.6 is 0 Å². The van der Waals surface area contributed by atoms with Crippen LogP contribution in [-0.2, 0) is 30.3 Å². The van der Waals surface area contributed by atoms with Gasteiger partial charge in [0.15, 0.2) is 5.78 Å². The molecule has 0 saturated carbocycles. The van der Waals surface area contributed by atoms with E-state index in [0.29, 0.717) is 0 Å². The summed E-state index contributed by atoms with van der Waals surface area (Å²) in [5, 5.41) is 10.8. The van der Waals surface area contributed by atoms with E-state index in [9.17, 15) is 4.79 Å². The molecule has 0 saturated heterocycles. The van der Waals surface area contributed by atoms with Gasteiger partial charge in [-0.1, -0.05) is 0 Å². The first-order chi connectivity index (χ1) is 17.9. The Morgan fingerprint density at radius 3 is 2.15 bits per heavy atom. The molecule has 5 heteroatoms. The Balaban J connectivity index is 0.000000468. The van der Waals surface area contributed by atoms with Gasteiger partial charge in [-0.3, -0.25) is 4.79 Å². The summed E-state index contributed by atoms with van der Waals surface area (Å²) in [5.41, 5.74) is 6.40. The van der Waals surface area contributed by atoms with Crippen LogP contribution in [-0.4, -0.2) is 28.7 Å². The summed E-state index contributed by atoms with van der Waals surface area (Å²) in [5.74, 6) is 4.90. The molecule has 4 aromatic rings. The summed E-state index contributed by atoms with van der Waals surface area (Å²) in [7, 11) is 0. The van der Waals surface area contributed by atoms with Gasteiger partial charge >= 0.3 is 189 Å². The van der Waals surface area contributed by atoms with Gasteiger partial charge in [-0.05, 0) is 13.8 Å². The van der Waals surface area contributed by atoms with Gasteiger partial charge < -0.3 is 5.11 Å². The number of carbonyl (C=O) groups is 1. The summed E-state index contributed by atoms with van der Waals surface area (Å²) in [6, 6.07) is 32.1. The van der Waals surface area contributed by atoms with Crippen LogP contribution in [0.1, 0.15) is 45.7 Å². The number of allylic oxidation sites excluding steroid dienone is 2. The van der Waals surface area contributed by atoms with Crippen molar-refractivity contribution in [2.75, 3.05) is 0 Å². The van der Waals surface area contributed by atoms with E-state index in [1.54, 1.807) is 0 Å². The fourth-order valence-corrected chi connectivity index (χ4v) is 11.8. The molecule has 39 heavy (non-hydrogen) atoms. The van der Waals surface area contributed by atoms with Gasteiger partial charge in [-0.25, -0.2) is 0 Å². The van der Waals surface area contributed by atoms with E-state index in [0.717, 1.165) is 5.69 Å². The topological polar surface area (TPSA) is 49.7 Å². The molecule has 3 nitrogen and oxygen atoms in total. The molecule has 0 fully saturated rings. The normalized spacial score (nSPS) is 14.0. The Labute approximate surface area is 248 Å². The quantitative estimate of drug-likeness (QED) is 0.0993. The minimum Gasteiger partial charge on any atom is 0 e. The molecule has 0 unspecified atom stereocenters. The van der Waals surface area contributed by atoms with E-state index in [1.807, 2.05) is 0 Å². The summed E-state index contributed by atoms with van der Waals surface area (Å²) >= 11 is -2.64. The molecule has 1 N–H and O–H groups in total. The van der Waals surface area contributed by atoms with E-state index in [-0.39, 0.29) is 37.1 Å². The fourth-order valence-electron chi connectivity index (χ4n) is 5.20. The Bertz CT molecular complexity index is 1560. The third-order valence-electron chi connectivity index (χ3n) is 6.83. The Hall–Kier alpha value is -2.79. The second kappa shape index (κ2) is 12.2. The number of aliphatic hydroxyl groups excluding tert-OH is 1. The number of nitrogens with zero attached hydrogens (tertiary/aromatic N) is 1. The van der Waals surface area contributed by atoms with Crippen LogP contribution in [0.15, 0.2) is 95.7 Å². The van der Waals surface area contributed by atoms with Gasteiger partial charge in [0.25, 0.3) is 0 Å².